The number of carbonyl (C=O) groups excluding carboxylic acids is 2. The minimum Gasteiger partial charge on any atom is -0.444 e. The molecule has 52 heavy (non-hydrogen) atoms. The molecule has 3 aliphatic rings. The molecule has 1 aliphatic heterocycles. The van der Waals surface area contributed by atoms with Crippen LogP contribution in [-0.2, 0) is 28.7 Å². The van der Waals surface area contributed by atoms with Crippen LogP contribution in [0.3, 0.4) is 0 Å². The van der Waals surface area contributed by atoms with Crippen LogP contribution >= 0.6 is 0 Å². The van der Waals surface area contributed by atoms with Crippen molar-refractivity contribution in [2.45, 2.75) is 129 Å². The predicted octanol–water partition coefficient (Wildman–Crippen LogP) is 8.85. The van der Waals surface area contributed by atoms with Crippen LogP contribution in [0.5, 0.6) is 0 Å². The van der Waals surface area contributed by atoms with Crippen LogP contribution in [-0.4, -0.2) is 78.1 Å². The van der Waals surface area contributed by atoms with Gasteiger partial charge in [-0.25, -0.2) is 14.8 Å². The normalized spacial score (nSPS) is 20.3. The number of likely N-dealkylation sites (tertiary alicyclic amines) is 1. The third-order valence-electron chi connectivity index (χ3n) is 10.5. The van der Waals surface area contributed by atoms with Crippen molar-refractivity contribution in [1.82, 2.24) is 24.8 Å². The Morgan fingerprint density at radius 3 is 2.37 bits per heavy atom. The molecule has 0 radical (unpaired) electrons. The lowest BCUT2D eigenvalue weighted by Gasteiger charge is -2.28. The van der Waals surface area contributed by atoms with Crippen molar-refractivity contribution >= 4 is 18.9 Å². The SMILES string of the molecule is C=[N+](C(=O)OC(C)(C)C)C1CCCC1c1ncc(-c2ccc(-c3ccc4c(c3)CCCc3[nH]c(CC5CCCN5C(=O)OC(C)(C)C)nc3-4)cc2)[nH]1. The first kappa shape index (κ1) is 35.7. The number of benzene rings is 2. The molecule has 3 heterocycles. The minimum absolute atomic E-state index is 0.0598. The molecule has 4 aromatic rings. The van der Waals surface area contributed by atoms with E-state index >= 15 is 0 Å². The number of ether oxygens (including phenoxy) is 2. The number of imidazole rings is 2. The lowest BCUT2D eigenvalue weighted by molar-refractivity contribution is -0.485. The van der Waals surface area contributed by atoms with Gasteiger partial charge in [-0.2, -0.15) is 4.79 Å². The lowest BCUT2D eigenvalue weighted by atomic mass is 9.95. The Labute approximate surface area is 307 Å². The van der Waals surface area contributed by atoms with Crippen LogP contribution in [0.1, 0.15) is 109 Å². The Morgan fingerprint density at radius 1 is 0.885 bits per heavy atom. The molecule has 274 valence electrons. The van der Waals surface area contributed by atoms with Gasteiger partial charge >= 0.3 is 12.2 Å². The van der Waals surface area contributed by atoms with Crippen LogP contribution < -0.4 is 0 Å². The second-order valence-electron chi connectivity index (χ2n) is 16.7. The van der Waals surface area contributed by atoms with E-state index in [0.29, 0.717) is 6.42 Å². The summed E-state index contributed by atoms with van der Waals surface area (Å²) >= 11 is 0. The van der Waals surface area contributed by atoms with E-state index in [9.17, 15) is 9.59 Å². The van der Waals surface area contributed by atoms with E-state index in [2.05, 4.69) is 59.2 Å². The zero-order valence-electron chi connectivity index (χ0n) is 31.6. The number of rotatable bonds is 6. The number of hydrogen-bond donors (Lipinski definition) is 2. The summed E-state index contributed by atoms with van der Waals surface area (Å²) in [6.45, 7) is 16.1. The summed E-state index contributed by atoms with van der Waals surface area (Å²) in [6, 6.07) is 15.4. The van der Waals surface area contributed by atoms with E-state index < -0.39 is 17.3 Å². The molecule has 2 aromatic heterocycles. The number of nitrogens with zero attached hydrogens (tertiary/aromatic N) is 4. The van der Waals surface area contributed by atoms with E-state index in [-0.39, 0.29) is 24.1 Å². The number of aromatic nitrogens is 4. The summed E-state index contributed by atoms with van der Waals surface area (Å²) in [5.41, 5.74) is 7.99. The smallest absolute Gasteiger partial charge is 0.444 e. The summed E-state index contributed by atoms with van der Waals surface area (Å²) in [5, 5.41) is 0. The summed E-state index contributed by atoms with van der Waals surface area (Å²) in [5.74, 6) is 1.91. The lowest BCUT2D eigenvalue weighted by Crippen LogP contribution is -2.40. The van der Waals surface area contributed by atoms with E-state index in [0.717, 1.165) is 92.1 Å². The van der Waals surface area contributed by atoms with Crippen LogP contribution in [0.15, 0.2) is 48.7 Å². The summed E-state index contributed by atoms with van der Waals surface area (Å²) in [6.07, 6.45) is 9.70. The summed E-state index contributed by atoms with van der Waals surface area (Å²) < 4.78 is 12.8. The third-order valence-corrected chi connectivity index (χ3v) is 10.5. The van der Waals surface area contributed by atoms with Crippen molar-refractivity contribution in [3.63, 3.8) is 0 Å². The molecular formula is C42H53N6O4+. The number of carbonyl (C=O) groups is 2. The van der Waals surface area contributed by atoms with Gasteiger partial charge in [0.05, 0.1) is 23.5 Å². The Hall–Kier alpha value is -4.73. The second kappa shape index (κ2) is 14.0. The standard InChI is InChI=1S/C42H53N6O4/c1-41(2,3)51-39(49)47(7)35-15-9-13-32(35)38-43-25-34(45-38)27-18-16-26(17-19-27)28-20-21-31-29(23-28)11-8-14-33-37(31)46-36(44-33)24-30-12-10-22-48(30)40(50)52-42(4,5)6/h16-21,23,25,30,32,35H,7-15,22,24H2,1-6H3,(H,43,45)(H,44,46)/q+1. The Bertz CT molecular complexity index is 1960. The van der Waals surface area contributed by atoms with Gasteiger partial charge < -0.3 is 24.3 Å². The third kappa shape index (κ3) is 7.71. The Morgan fingerprint density at radius 2 is 1.62 bits per heavy atom. The van der Waals surface area contributed by atoms with Crippen molar-refractivity contribution in [3.8, 4) is 33.6 Å². The van der Waals surface area contributed by atoms with E-state index in [1.807, 2.05) is 52.6 Å². The van der Waals surface area contributed by atoms with Gasteiger partial charge in [-0.1, -0.05) is 42.5 Å². The molecule has 0 bridgehead atoms. The first-order valence-corrected chi connectivity index (χ1v) is 18.9. The second-order valence-corrected chi connectivity index (χ2v) is 16.7. The molecule has 1 saturated heterocycles. The molecule has 2 N–H and O–H groups in total. The maximum atomic E-state index is 12.9. The number of hydrogen-bond acceptors (Lipinski definition) is 6. The van der Waals surface area contributed by atoms with Crippen molar-refractivity contribution in [3.05, 3.63) is 71.6 Å². The minimum atomic E-state index is -0.568. The molecule has 7 rings (SSSR count). The van der Waals surface area contributed by atoms with Crippen LogP contribution in [0.2, 0.25) is 0 Å². The number of amides is 2. The highest BCUT2D eigenvalue weighted by Gasteiger charge is 2.42. The quantitative estimate of drug-likeness (QED) is 0.153. The molecule has 10 nitrogen and oxygen atoms in total. The average molecular weight is 706 g/mol. The molecule has 3 unspecified atom stereocenters. The van der Waals surface area contributed by atoms with Crippen molar-refractivity contribution in [1.29, 1.82) is 0 Å². The zero-order valence-corrected chi connectivity index (χ0v) is 31.6. The molecule has 2 fully saturated rings. The van der Waals surface area contributed by atoms with Crippen LogP contribution in [0.4, 0.5) is 9.59 Å². The van der Waals surface area contributed by atoms with E-state index in [4.69, 9.17) is 19.4 Å². The van der Waals surface area contributed by atoms with Crippen molar-refractivity contribution in [2.75, 3.05) is 6.54 Å². The van der Waals surface area contributed by atoms with Gasteiger partial charge in [0.25, 0.3) is 0 Å². The first-order valence-electron chi connectivity index (χ1n) is 18.9. The maximum absolute atomic E-state index is 12.9. The number of aryl methyl sites for hydroxylation is 2. The van der Waals surface area contributed by atoms with Gasteiger partial charge in [-0.15, -0.1) is 4.58 Å². The molecular weight excluding hydrogens is 653 g/mol. The predicted molar refractivity (Wildman–Crippen MR) is 203 cm³/mol. The van der Waals surface area contributed by atoms with Gasteiger partial charge in [0.1, 0.15) is 29.6 Å². The fraction of sp³-hybridized carbons (Fsp3) is 0.500. The van der Waals surface area contributed by atoms with Gasteiger partial charge in [-0.05, 0) is 109 Å². The van der Waals surface area contributed by atoms with Crippen molar-refractivity contribution in [2.24, 2.45) is 0 Å². The van der Waals surface area contributed by atoms with Gasteiger partial charge in [0, 0.05) is 36.7 Å². The molecule has 2 amide bonds. The summed E-state index contributed by atoms with van der Waals surface area (Å²) in [7, 11) is 0. The molecule has 2 aromatic carbocycles. The van der Waals surface area contributed by atoms with Gasteiger partial charge in [0.15, 0.2) is 6.04 Å². The number of fused-ring (bicyclic) bond motifs is 3. The fourth-order valence-corrected chi connectivity index (χ4v) is 8.07. The van der Waals surface area contributed by atoms with Crippen molar-refractivity contribution < 1.29 is 23.6 Å². The molecule has 2 aliphatic carbocycles. The van der Waals surface area contributed by atoms with E-state index in [1.165, 1.54) is 27.0 Å². The molecule has 0 spiro atoms. The molecule has 10 heteroatoms. The summed E-state index contributed by atoms with van der Waals surface area (Å²) in [4.78, 5) is 44.6. The monoisotopic (exact) mass is 705 g/mol. The van der Waals surface area contributed by atoms with Crippen LogP contribution in [0, 0.1) is 0 Å². The highest BCUT2D eigenvalue weighted by Crippen LogP contribution is 2.38. The fourth-order valence-electron chi connectivity index (χ4n) is 8.07. The average Bonchev–Trinajstić information content (AvgIpc) is 3.89. The van der Waals surface area contributed by atoms with Gasteiger partial charge in [0.2, 0.25) is 0 Å². The first-order chi connectivity index (χ1) is 24.7. The molecule has 1 saturated carbocycles. The Kier molecular flexibility index (Phi) is 9.61. The number of nitrogens with one attached hydrogen (secondary N) is 2. The zero-order chi connectivity index (χ0) is 36.8. The highest BCUT2D eigenvalue weighted by atomic mass is 16.6. The molecule has 3 atom stereocenters. The maximum Gasteiger partial charge on any atom is 0.596 e. The number of H-pyrrole nitrogens is 2. The largest absolute Gasteiger partial charge is 0.596 e. The topological polar surface area (TPSA) is 116 Å². The Balaban J connectivity index is 1.04. The van der Waals surface area contributed by atoms with Crippen LogP contribution in [0.25, 0.3) is 33.6 Å². The number of aromatic amines is 2. The van der Waals surface area contributed by atoms with Gasteiger partial charge in [-0.3, -0.25) is 0 Å². The van der Waals surface area contributed by atoms with E-state index in [1.54, 1.807) is 0 Å². The highest BCUT2D eigenvalue weighted by molar-refractivity contribution is 5.75.